The molecular weight excluding hydrogens is 417 g/mol. The lowest BCUT2D eigenvalue weighted by Crippen LogP contribution is -2.29. The van der Waals surface area contributed by atoms with Gasteiger partial charge in [-0.15, -0.1) is 10.2 Å². The first-order chi connectivity index (χ1) is 13.6. The Morgan fingerprint density at radius 1 is 1.14 bits per heavy atom. The van der Waals surface area contributed by atoms with Crippen LogP contribution >= 0.6 is 35.0 Å². The van der Waals surface area contributed by atoms with Gasteiger partial charge in [0.2, 0.25) is 5.91 Å². The topological polar surface area (TPSA) is 63.9 Å². The van der Waals surface area contributed by atoms with Crippen molar-refractivity contribution in [1.82, 2.24) is 24.6 Å². The van der Waals surface area contributed by atoms with Crippen LogP contribution in [0.3, 0.4) is 0 Å². The van der Waals surface area contributed by atoms with E-state index in [1.807, 2.05) is 21.6 Å². The number of aromatic nitrogens is 4. The standard InChI is InChI=1S/C19H17Cl2N5OS/c20-14-5-6-15(21)16(10-14)26-18(13-4-3-7-22-11-13)23-24-19(26)28-12-17(27)25-8-1-2-9-25/h3-7,10-11H,1-2,8-9,12H2. The second kappa shape index (κ2) is 8.51. The van der Waals surface area contributed by atoms with E-state index < -0.39 is 0 Å². The molecule has 0 radical (unpaired) electrons. The minimum atomic E-state index is 0.108. The Bertz CT molecular complexity index is 989. The van der Waals surface area contributed by atoms with Crippen molar-refractivity contribution >= 4 is 40.9 Å². The van der Waals surface area contributed by atoms with Crippen LogP contribution in [0.5, 0.6) is 0 Å². The summed E-state index contributed by atoms with van der Waals surface area (Å²) in [6, 6.07) is 8.95. The van der Waals surface area contributed by atoms with Crippen molar-refractivity contribution in [1.29, 1.82) is 0 Å². The quantitative estimate of drug-likeness (QED) is 0.559. The molecule has 1 aliphatic heterocycles. The molecule has 3 heterocycles. The molecule has 0 bridgehead atoms. The van der Waals surface area contributed by atoms with Crippen molar-refractivity contribution in [2.24, 2.45) is 0 Å². The summed E-state index contributed by atoms with van der Waals surface area (Å²) in [5.41, 5.74) is 1.46. The van der Waals surface area contributed by atoms with Gasteiger partial charge in [-0.05, 0) is 43.2 Å². The van der Waals surface area contributed by atoms with Crippen LogP contribution < -0.4 is 0 Å². The van der Waals surface area contributed by atoms with Crippen molar-refractivity contribution in [3.05, 3.63) is 52.8 Å². The molecular formula is C19H17Cl2N5OS. The molecule has 0 aliphatic carbocycles. The van der Waals surface area contributed by atoms with E-state index in [0.29, 0.717) is 32.5 Å². The van der Waals surface area contributed by atoms with Gasteiger partial charge in [0.05, 0.1) is 16.5 Å². The second-order valence-electron chi connectivity index (χ2n) is 6.36. The van der Waals surface area contributed by atoms with Gasteiger partial charge in [-0.2, -0.15) is 0 Å². The van der Waals surface area contributed by atoms with E-state index in [0.717, 1.165) is 31.5 Å². The van der Waals surface area contributed by atoms with Crippen LogP contribution in [-0.2, 0) is 4.79 Å². The van der Waals surface area contributed by atoms with E-state index >= 15 is 0 Å². The normalized spacial score (nSPS) is 13.9. The highest BCUT2D eigenvalue weighted by molar-refractivity contribution is 7.99. The Balaban J connectivity index is 1.71. The summed E-state index contributed by atoms with van der Waals surface area (Å²) in [5.74, 6) is 0.995. The molecule has 0 unspecified atom stereocenters. The summed E-state index contributed by atoms with van der Waals surface area (Å²) in [6.45, 7) is 1.65. The van der Waals surface area contributed by atoms with Crippen LogP contribution in [-0.4, -0.2) is 49.4 Å². The van der Waals surface area contributed by atoms with Crippen LogP contribution in [0.15, 0.2) is 47.9 Å². The van der Waals surface area contributed by atoms with Crippen LogP contribution in [0.2, 0.25) is 10.0 Å². The van der Waals surface area contributed by atoms with E-state index in [1.165, 1.54) is 11.8 Å². The summed E-state index contributed by atoms with van der Waals surface area (Å²) in [7, 11) is 0. The Labute approximate surface area is 176 Å². The molecule has 1 saturated heterocycles. The highest BCUT2D eigenvalue weighted by Gasteiger charge is 2.22. The first-order valence-electron chi connectivity index (χ1n) is 8.85. The number of amides is 1. The fourth-order valence-corrected chi connectivity index (χ4v) is 4.32. The maximum atomic E-state index is 12.5. The minimum absolute atomic E-state index is 0.108. The molecule has 0 N–H and O–H groups in total. The first kappa shape index (κ1) is 19.2. The largest absolute Gasteiger partial charge is 0.342 e. The third-order valence-corrected chi connectivity index (χ3v) is 5.95. The number of halogens is 2. The van der Waals surface area contributed by atoms with Gasteiger partial charge < -0.3 is 4.90 Å². The van der Waals surface area contributed by atoms with Crippen LogP contribution in [0.4, 0.5) is 0 Å². The van der Waals surface area contributed by atoms with Crippen LogP contribution in [0.1, 0.15) is 12.8 Å². The predicted molar refractivity (Wildman–Crippen MR) is 111 cm³/mol. The van der Waals surface area contributed by atoms with E-state index in [4.69, 9.17) is 23.2 Å². The van der Waals surface area contributed by atoms with Gasteiger partial charge in [0.25, 0.3) is 0 Å². The molecule has 3 aromatic rings. The second-order valence-corrected chi connectivity index (χ2v) is 8.14. The number of benzene rings is 1. The van der Waals surface area contributed by atoms with Gasteiger partial charge in [-0.1, -0.05) is 35.0 Å². The molecule has 144 valence electrons. The average molecular weight is 434 g/mol. The molecule has 6 nitrogen and oxygen atoms in total. The number of thioether (sulfide) groups is 1. The maximum Gasteiger partial charge on any atom is 0.233 e. The monoisotopic (exact) mass is 433 g/mol. The number of hydrogen-bond acceptors (Lipinski definition) is 5. The van der Waals surface area contributed by atoms with Crippen LogP contribution in [0.25, 0.3) is 17.1 Å². The third-order valence-electron chi connectivity index (χ3n) is 4.49. The Kier molecular flexibility index (Phi) is 5.85. The maximum absolute atomic E-state index is 12.5. The van der Waals surface area contributed by atoms with Crippen molar-refractivity contribution in [2.75, 3.05) is 18.8 Å². The fraction of sp³-hybridized carbons (Fsp3) is 0.263. The summed E-state index contributed by atoms with van der Waals surface area (Å²) >= 11 is 14.0. The van der Waals surface area contributed by atoms with Gasteiger partial charge in [0.1, 0.15) is 0 Å². The molecule has 1 fully saturated rings. The molecule has 9 heteroatoms. The van der Waals surface area contributed by atoms with E-state index in [9.17, 15) is 4.79 Å². The molecule has 4 rings (SSSR count). The van der Waals surface area contributed by atoms with Gasteiger partial charge in [-0.3, -0.25) is 14.3 Å². The highest BCUT2D eigenvalue weighted by Crippen LogP contribution is 2.33. The first-order valence-corrected chi connectivity index (χ1v) is 10.6. The predicted octanol–water partition coefficient (Wildman–Crippen LogP) is 4.35. The number of rotatable bonds is 5. The number of pyridine rings is 1. The number of hydrogen-bond donors (Lipinski definition) is 0. The number of nitrogens with zero attached hydrogens (tertiary/aromatic N) is 5. The summed E-state index contributed by atoms with van der Waals surface area (Å²) in [6.07, 6.45) is 5.54. The van der Waals surface area contributed by atoms with Gasteiger partial charge in [-0.25, -0.2) is 0 Å². The number of likely N-dealkylation sites (tertiary alicyclic amines) is 1. The van der Waals surface area contributed by atoms with Gasteiger partial charge >= 0.3 is 0 Å². The Morgan fingerprint density at radius 2 is 1.96 bits per heavy atom. The van der Waals surface area contributed by atoms with Crippen molar-refractivity contribution in [3.63, 3.8) is 0 Å². The van der Waals surface area contributed by atoms with E-state index in [-0.39, 0.29) is 5.91 Å². The smallest absolute Gasteiger partial charge is 0.233 e. The summed E-state index contributed by atoms with van der Waals surface area (Å²) in [4.78, 5) is 18.5. The number of carbonyl (C=O) groups is 1. The zero-order valence-corrected chi connectivity index (χ0v) is 17.2. The Morgan fingerprint density at radius 3 is 2.71 bits per heavy atom. The molecule has 1 aromatic carbocycles. The molecule has 28 heavy (non-hydrogen) atoms. The Hall–Kier alpha value is -2.09. The van der Waals surface area contributed by atoms with Crippen molar-refractivity contribution in [2.45, 2.75) is 18.0 Å². The fourth-order valence-electron chi connectivity index (χ4n) is 3.10. The SMILES string of the molecule is O=C(CSc1nnc(-c2cccnc2)n1-c1cc(Cl)ccc1Cl)N1CCCC1. The summed E-state index contributed by atoms with van der Waals surface area (Å²) in [5, 5.41) is 10.3. The lowest BCUT2D eigenvalue weighted by Gasteiger charge is -2.15. The van der Waals surface area contributed by atoms with E-state index in [1.54, 1.807) is 30.6 Å². The lowest BCUT2D eigenvalue weighted by molar-refractivity contribution is -0.127. The molecule has 0 spiro atoms. The third kappa shape index (κ3) is 4.01. The lowest BCUT2D eigenvalue weighted by atomic mass is 10.2. The molecule has 1 amide bonds. The molecule has 2 aromatic heterocycles. The highest BCUT2D eigenvalue weighted by atomic mass is 35.5. The van der Waals surface area contributed by atoms with Crippen LogP contribution in [0, 0.1) is 0 Å². The minimum Gasteiger partial charge on any atom is -0.342 e. The molecule has 0 saturated carbocycles. The molecule has 0 atom stereocenters. The zero-order valence-electron chi connectivity index (χ0n) is 14.9. The average Bonchev–Trinajstić information content (AvgIpc) is 3.39. The zero-order chi connectivity index (χ0) is 19.5. The van der Waals surface area contributed by atoms with Crippen molar-refractivity contribution < 1.29 is 4.79 Å². The number of carbonyl (C=O) groups excluding carboxylic acids is 1. The van der Waals surface area contributed by atoms with Gasteiger partial charge in [0, 0.05) is 36.1 Å². The van der Waals surface area contributed by atoms with Crippen molar-refractivity contribution in [3.8, 4) is 17.1 Å². The molecule has 1 aliphatic rings. The van der Waals surface area contributed by atoms with Gasteiger partial charge in [0.15, 0.2) is 11.0 Å². The summed E-state index contributed by atoms with van der Waals surface area (Å²) < 4.78 is 1.83. The van der Waals surface area contributed by atoms with E-state index in [2.05, 4.69) is 15.2 Å².